The summed E-state index contributed by atoms with van der Waals surface area (Å²) in [5.41, 5.74) is 8.84. The van der Waals surface area contributed by atoms with Crippen molar-refractivity contribution in [2.45, 2.75) is 12.8 Å². The van der Waals surface area contributed by atoms with Gasteiger partial charge in [-0.2, -0.15) is 0 Å². The van der Waals surface area contributed by atoms with Gasteiger partial charge in [0.1, 0.15) is 0 Å². The van der Waals surface area contributed by atoms with Crippen LogP contribution in [0.3, 0.4) is 0 Å². The van der Waals surface area contributed by atoms with E-state index in [1.807, 2.05) is 12.3 Å². The molecule has 0 fully saturated rings. The number of anilines is 1. The zero-order chi connectivity index (χ0) is 17.5. The van der Waals surface area contributed by atoms with Crippen LogP contribution < -0.4 is 10.8 Å². The second-order valence-corrected chi connectivity index (χ2v) is 6.83. The molecule has 0 atom stereocenters. The Morgan fingerprint density at radius 1 is 1.20 bits per heavy atom. The quantitative estimate of drug-likeness (QED) is 0.534. The number of hydroxylamine groups is 1. The van der Waals surface area contributed by atoms with E-state index < -0.39 is 0 Å². The Kier molecular flexibility index (Phi) is 6.39. The van der Waals surface area contributed by atoms with Gasteiger partial charge >= 0.3 is 0 Å². The summed E-state index contributed by atoms with van der Waals surface area (Å²) >= 11 is 3.55. The molecule has 1 aliphatic heterocycles. The van der Waals surface area contributed by atoms with Crippen molar-refractivity contribution in [3.05, 3.63) is 69.8 Å². The molecule has 0 saturated heterocycles. The minimum absolute atomic E-state index is 0.695. The highest BCUT2D eigenvalue weighted by Crippen LogP contribution is 2.26. The number of nitrogens with zero attached hydrogens (tertiary/aromatic N) is 1. The van der Waals surface area contributed by atoms with Gasteiger partial charge in [0.25, 0.3) is 0 Å². The highest BCUT2D eigenvalue weighted by atomic mass is 79.9. The van der Waals surface area contributed by atoms with Gasteiger partial charge in [-0.25, -0.2) is 5.48 Å². The van der Waals surface area contributed by atoms with E-state index in [1.165, 1.54) is 16.7 Å². The molecule has 0 radical (unpaired) electrons. The van der Waals surface area contributed by atoms with E-state index in [2.05, 4.69) is 74.3 Å². The number of nitrogens with one attached hydrogen (secondary N) is 2. The van der Waals surface area contributed by atoms with Crippen molar-refractivity contribution in [1.29, 1.82) is 0 Å². The van der Waals surface area contributed by atoms with E-state index in [0.717, 1.165) is 35.1 Å². The topological polar surface area (TPSA) is 45.6 Å². The standard InChI is InChI=1S/C20H22BrN3O/c1-25-24-10-2-3-15-4-8-19(9-5-15)23-14-17-13-22-12-16-6-7-18(21)11-20(16)17/h4-9,11-12,14,23-24H,2-3,10,13H2,1H3/b17-14+. The third kappa shape index (κ3) is 5.01. The molecule has 0 aromatic heterocycles. The Labute approximate surface area is 157 Å². The van der Waals surface area contributed by atoms with Crippen LogP contribution in [0.25, 0.3) is 5.57 Å². The van der Waals surface area contributed by atoms with E-state index in [0.29, 0.717) is 6.54 Å². The van der Waals surface area contributed by atoms with Crippen LogP contribution in [0, 0.1) is 0 Å². The molecular formula is C20H22BrN3O. The minimum Gasteiger partial charge on any atom is -0.361 e. The Morgan fingerprint density at radius 2 is 2.04 bits per heavy atom. The average Bonchev–Trinajstić information content (AvgIpc) is 2.64. The number of hydrogen-bond donors (Lipinski definition) is 2. The summed E-state index contributed by atoms with van der Waals surface area (Å²) in [4.78, 5) is 9.28. The second-order valence-electron chi connectivity index (χ2n) is 5.91. The molecule has 5 heteroatoms. The monoisotopic (exact) mass is 399 g/mol. The maximum Gasteiger partial charge on any atom is 0.0660 e. The van der Waals surface area contributed by atoms with E-state index in [9.17, 15) is 0 Å². The molecule has 25 heavy (non-hydrogen) atoms. The van der Waals surface area contributed by atoms with Crippen molar-refractivity contribution in [2.75, 3.05) is 25.5 Å². The van der Waals surface area contributed by atoms with Crippen molar-refractivity contribution in [2.24, 2.45) is 4.99 Å². The van der Waals surface area contributed by atoms with Crippen molar-refractivity contribution >= 4 is 33.4 Å². The smallest absolute Gasteiger partial charge is 0.0660 e. The highest BCUT2D eigenvalue weighted by Gasteiger charge is 2.11. The first-order chi connectivity index (χ1) is 12.3. The average molecular weight is 400 g/mol. The van der Waals surface area contributed by atoms with Crippen LogP contribution in [0.4, 0.5) is 5.69 Å². The van der Waals surface area contributed by atoms with Gasteiger partial charge in [-0.1, -0.05) is 34.1 Å². The van der Waals surface area contributed by atoms with Crippen LogP contribution in [-0.2, 0) is 11.3 Å². The Hall–Kier alpha value is -1.95. The van der Waals surface area contributed by atoms with E-state index in [-0.39, 0.29) is 0 Å². The number of rotatable bonds is 7. The van der Waals surface area contributed by atoms with Crippen LogP contribution in [0.15, 0.2) is 58.1 Å². The SMILES string of the molecule is CONCCCc1ccc(N/C=C2\CN=Cc3ccc(Br)cc32)cc1. The number of halogens is 1. The summed E-state index contributed by atoms with van der Waals surface area (Å²) in [6.45, 7) is 1.55. The molecule has 1 heterocycles. The van der Waals surface area contributed by atoms with Crippen molar-refractivity contribution in [3.8, 4) is 0 Å². The second kappa shape index (κ2) is 8.94. The molecule has 0 bridgehead atoms. The van der Waals surface area contributed by atoms with Gasteiger partial charge in [-0.3, -0.25) is 4.99 Å². The summed E-state index contributed by atoms with van der Waals surface area (Å²) in [7, 11) is 1.64. The first-order valence-electron chi connectivity index (χ1n) is 8.36. The molecule has 0 spiro atoms. The molecule has 1 aliphatic rings. The first-order valence-corrected chi connectivity index (χ1v) is 9.15. The van der Waals surface area contributed by atoms with Crippen LogP contribution >= 0.6 is 15.9 Å². The van der Waals surface area contributed by atoms with Gasteiger partial charge in [-0.05, 0) is 59.4 Å². The lowest BCUT2D eigenvalue weighted by atomic mass is 9.99. The number of aryl methyl sites for hydroxylation is 1. The third-order valence-corrected chi connectivity index (χ3v) is 4.60. The molecule has 0 amide bonds. The van der Waals surface area contributed by atoms with Crippen LogP contribution in [0.2, 0.25) is 0 Å². The lowest BCUT2D eigenvalue weighted by Crippen LogP contribution is -2.13. The van der Waals surface area contributed by atoms with Crippen LogP contribution in [-0.4, -0.2) is 26.4 Å². The Balaban J connectivity index is 1.63. The summed E-state index contributed by atoms with van der Waals surface area (Å²) in [6.07, 6.45) is 6.08. The maximum absolute atomic E-state index is 4.84. The lowest BCUT2D eigenvalue weighted by Gasteiger charge is -2.15. The fourth-order valence-corrected chi connectivity index (χ4v) is 3.14. The predicted molar refractivity (Wildman–Crippen MR) is 108 cm³/mol. The van der Waals surface area contributed by atoms with Crippen molar-refractivity contribution < 1.29 is 4.84 Å². The van der Waals surface area contributed by atoms with Gasteiger partial charge < -0.3 is 10.2 Å². The summed E-state index contributed by atoms with van der Waals surface area (Å²) in [5.74, 6) is 0. The molecule has 130 valence electrons. The Bertz CT molecular complexity index is 769. The van der Waals surface area contributed by atoms with Crippen LogP contribution in [0.1, 0.15) is 23.1 Å². The van der Waals surface area contributed by atoms with E-state index in [1.54, 1.807) is 7.11 Å². The maximum atomic E-state index is 4.84. The largest absolute Gasteiger partial charge is 0.361 e. The van der Waals surface area contributed by atoms with E-state index in [4.69, 9.17) is 4.84 Å². The fraction of sp³-hybridized carbons (Fsp3) is 0.250. The molecule has 2 aromatic rings. The highest BCUT2D eigenvalue weighted by molar-refractivity contribution is 9.10. The minimum atomic E-state index is 0.695. The zero-order valence-corrected chi connectivity index (χ0v) is 15.8. The molecule has 2 aromatic carbocycles. The number of hydrogen-bond acceptors (Lipinski definition) is 4. The lowest BCUT2D eigenvalue weighted by molar-refractivity contribution is 0.0911. The molecule has 0 saturated carbocycles. The summed E-state index contributed by atoms with van der Waals surface area (Å²) in [5, 5.41) is 3.39. The normalized spacial score (nSPS) is 14.6. The van der Waals surface area contributed by atoms with Crippen molar-refractivity contribution in [3.63, 3.8) is 0 Å². The van der Waals surface area contributed by atoms with Gasteiger partial charge in [0.2, 0.25) is 0 Å². The number of aliphatic imine (C=N–C) groups is 1. The fourth-order valence-electron chi connectivity index (χ4n) is 2.77. The molecular weight excluding hydrogens is 378 g/mol. The molecule has 0 aliphatic carbocycles. The van der Waals surface area contributed by atoms with Gasteiger partial charge in [0, 0.05) is 29.1 Å². The van der Waals surface area contributed by atoms with Crippen molar-refractivity contribution in [1.82, 2.24) is 5.48 Å². The van der Waals surface area contributed by atoms with E-state index >= 15 is 0 Å². The van der Waals surface area contributed by atoms with Gasteiger partial charge in [0.05, 0.1) is 13.7 Å². The number of benzene rings is 2. The molecule has 3 rings (SSSR count). The number of fused-ring (bicyclic) bond motifs is 1. The Morgan fingerprint density at radius 3 is 2.84 bits per heavy atom. The van der Waals surface area contributed by atoms with Crippen LogP contribution in [0.5, 0.6) is 0 Å². The predicted octanol–water partition coefficient (Wildman–Crippen LogP) is 4.42. The molecule has 2 N–H and O–H groups in total. The summed E-state index contributed by atoms with van der Waals surface area (Å²) in [6, 6.07) is 14.8. The zero-order valence-electron chi connectivity index (χ0n) is 14.3. The molecule has 4 nitrogen and oxygen atoms in total. The van der Waals surface area contributed by atoms with Gasteiger partial charge in [-0.15, -0.1) is 0 Å². The van der Waals surface area contributed by atoms with Gasteiger partial charge in [0.15, 0.2) is 0 Å². The third-order valence-electron chi connectivity index (χ3n) is 4.11. The summed E-state index contributed by atoms with van der Waals surface area (Å²) < 4.78 is 1.08. The first kappa shape index (κ1) is 17.9. The molecule has 0 unspecified atom stereocenters.